The molecule has 0 aliphatic heterocycles. The number of carbonyl (C=O) groups is 1. The van der Waals surface area contributed by atoms with Gasteiger partial charge in [0.2, 0.25) is 0 Å². The summed E-state index contributed by atoms with van der Waals surface area (Å²) in [6, 6.07) is -0.574. The highest BCUT2D eigenvalue weighted by atomic mass is 32.1. The van der Waals surface area contributed by atoms with Crippen LogP contribution in [0.4, 0.5) is 0 Å². The van der Waals surface area contributed by atoms with E-state index in [9.17, 15) is 4.79 Å². The average molecular weight is 191 g/mol. The van der Waals surface area contributed by atoms with Crippen molar-refractivity contribution in [3.63, 3.8) is 0 Å². The van der Waals surface area contributed by atoms with Gasteiger partial charge in [0, 0.05) is 5.75 Å². The standard InChI is InChI=1S/C8H17NO2S/c1-2-3-4-5-11-8(10)7(9)6-12/h7,12H,2-6,9H2,1H3. The van der Waals surface area contributed by atoms with Crippen LogP contribution in [0.15, 0.2) is 0 Å². The van der Waals surface area contributed by atoms with E-state index < -0.39 is 6.04 Å². The molecule has 0 amide bonds. The lowest BCUT2D eigenvalue weighted by atomic mass is 10.3. The Morgan fingerprint density at radius 1 is 1.58 bits per heavy atom. The number of esters is 1. The van der Waals surface area contributed by atoms with E-state index in [0.717, 1.165) is 19.3 Å². The van der Waals surface area contributed by atoms with Crippen LogP contribution in [-0.4, -0.2) is 24.4 Å². The predicted molar refractivity (Wildman–Crippen MR) is 52.3 cm³/mol. The molecule has 0 aliphatic rings. The van der Waals surface area contributed by atoms with Gasteiger partial charge in [0.25, 0.3) is 0 Å². The minimum atomic E-state index is -0.574. The molecular formula is C8H17NO2S. The summed E-state index contributed by atoms with van der Waals surface area (Å²) in [5, 5.41) is 0. The summed E-state index contributed by atoms with van der Waals surface area (Å²) in [5.74, 6) is -0.00631. The molecule has 1 unspecified atom stereocenters. The van der Waals surface area contributed by atoms with E-state index >= 15 is 0 Å². The Morgan fingerprint density at radius 3 is 2.75 bits per heavy atom. The number of rotatable bonds is 6. The van der Waals surface area contributed by atoms with E-state index in [4.69, 9.17) is 10.5 Å². The van der Waals surface area contributed by atoms with Gasteiger partial charge in [-0.15, -0.1) is 0 Å². The summed E-state index contributed by atoms with van der Waals surface area (Å²) in [5.41, 5.74) is 5.38. The zero-order valence-electron chi connectivity index (χ0n) is 7.45. The fourth-order valence-corrected chi connectivity index (χ4v) is 0.855. The normalized spacial score (nSPS) is 12.6. The number of carbonyl (C=O) groups excluding carboxylic acids is 1. The number of thiol groups is 1. The van der Waals surface area contributed by atoms with Crippen molar-refractivity contribution < 1.29 is 9.53 Å². The fraction of sp³-hybridized carbons (Fsp3) is 0.875. The van der Waals surface area contributed by atoms with Crippen LogP contribution in [-0.2, 0) is 9.53 Å². The molecule has 4 heteroatoms. The number of nitrogens with two attached hydrogens (primary N) is 1. The summed E-state index contributed by atoms with van der Waals surface area (Å²) in [7, 11) is 0. The minimum absolute atomic E-state index is 0.340. The lowest BCUT2D eigenvalue weighted by molar-refractivity contribution is -0.144. The van der Waals surface area contributed by atoms with Gasteiger partial charge in [-0.25, -0.2) is 0 Å². The molecule has 0 aromatic rings. The summed E-state index contributed by atoms with van der Waals surface area (Å²) in [6.45, 7) is 2.58. The Morgan fingerprint density at radius 2 is 2.25 bits per heavy atom. The van der Waals surface area contributed by atoms with Gasteiger partial charge < -0.3 is 10.5 Å². The number of unbranched alkanes of at least 4 members (excludes halogenated alkanes) is 2. The first-order chi connectivity index (χ1) is 5.72. The van der Waals surface area contributed by atoms with Gasteiger partial charge in [0.1, 0.15) is 6.04 Å². The smallest absolute Gasteiger partial charge is 0.323 e. The van der Waals surface area contributed by atoms with Gasteiger partial charge >= 0.3 is 5.97 Å². The molecule has 0 aromatic heterocycles. The molecule has 0 bridgehead atoms. The third-order valence-electron chi connectivity index (χ3n) is 1.49. The maximum atomic E-state index is 10.9. The zero-order chi connectivity index (χ0) is 9.40. The topological polar surface area (TPSA) is 52.3 Å². The van der Waals surface area contributed by atoms with E-state index in [1.54, 1.807) is 0 Å². The van der Waals surface area contributed by atoms with Gasteiger partial charge in [-0.05, 0) is 6.42 Å². The van der Waals surface area contributed by atoms with Crippen molar-refractivity contribution >= 4 is 18.6 Å². The first-order valence-electron chi connectivity index (χ1n) is 4.25. The van der Waals surface area contributed by atoms with Crippen molar-refractivity contribution in [2.45, 2.75) is 32.2 Å². The molecule has 0 spiro atoms. The second-order valence-electron chi connectivity index (χ2n) is 2.66. The Balaban J connectivity index is 3.31. The van der Waals surface area contributed by atoms with Crippen LogP contribution >= 0.6 is 12.6 Å². The summed E-state index contributed by atoms with van der Waals surface area (Å²) >= 11 is 3.89. The third kappa shape index (κ3) is 5.43. The Hall–Kier alpha value is -0.220. The van der Waals surface area contributed by atoms with Crippen molar-refractivity contribution in [3.05, 3.63) is 0 Å². The monoisotopic (exact) mass is 191 g/mol. The zero-order valence-corrected chi connectivity index (χ0v) is 8.35. The molecule has 0 fully saturated rings. The lowest BCUT2D eigenvalue weighted by Crippen LogP contribution is -2.34. The molecule has 12 heavy (non-hydrogen) atoms. The van der Waals surface area contributed by atoms with Gasteiger partial charge in [-0.3, -0.25) is 4.79 Å². The maximum absolute atomic E-state index is 10.9. The number of ether oxygens (including phenoxy) is 1. The molecule has 72 valence electrons. The van der Waals surface area contributed by atoms with Crippen molar-refractivity contribution in [2.24, 2.45) is 5.73 Å². The van der Waals surface area contributed by atoms with Crippen LogP contribution in [0.5, 0.6) is 0 Å². The predicted octanol–water partition coefficient (Wildman–Crippen LogP) is 0.977. The molecule has 2 N–H and O–H groups in total. The summed E-state index contributed by atoms with van der Waals surface area (Å²) in [6.07, 6.45) is 3.13. The molecule has 0 saturated carbocycles. The van der Waals surface area contributed by atoms with Crippen LogP contribution in [0.25, 0.3) is 0 Å². The molecule has 3 nitrogen and oxygen atoms in total. The SMILES string of the molecule is CCCCCOC(=O)C(N)CS. The van der Waals surface area contributed by atoms with E-state index in [0.29, 0.717) is 12.4 Å². The van der Waals surface area contributed by atoms with E-state index in [1.807, 2.05) is 0 Å². The second kappa shape index (κ2) is 7.43. The van der Waals surface area contributed by atoms with E-state index in [2.05, 4.69) is 19.6 Å². The number of hydrogen-bond donors (Lipinski definition) is 2. The second-order valence-corrected chi connectivity index (χ2v) is 3.03. The molecular weight excluding hydrogens is 174 g/mol. The van der Waals surface area contributed by atoms with Gasteiger partial charge in [-0.2, -0.15) is 12.6 Å². The Bertz CT molecular complexity index is 130. The molecule has 0 heterocycles. The number of hydrogen-bond acceptors (Lipinski definition) is 4. The lowest BCUT2D eigenvalue weighted by Gasteiger charge is -2.07. The van der Waals surface area contributed by atoms with Crippen molar-refractivity contribution in [2.75, 3.05) is 12.4 Å². The van der Waals surface area contributed by atoms with Crippen molar-refractivity contribution in [3.8, 4) is 0 Å². The van der Waals surface area contributed by atoms with E-state index in [-0.39, 0.29) is 5.97 Å². The Kier molecular flexibility index (Phi) is 7.29. The van der Waals surface area contributed by atoms with Crippen LogP contribution in [0, 0.1) is 0 Å². The molecule has 0 rings (SSSR count). The summed E-state index contributed by atoms with van der Waals surface area (Å²) < 4.78 is 4.88. The maximum Gasteiger partial charge on any atom is 0.323 e. The molecule has 1 atom stereocenters. The summed E-state index contributed by atoms with van der Waals surface area (Å²) in [4.78, 5) is 10.9. The highest BCUT2D eigenvalue weighted by Crippen LogP contribution is 1.96. The third-order valence-corrected chi connectivity index (χ3v) is 1.89. The first kappa shape index (κ1) is 11.8. The molecule has 0 aromatic carbocycles. The van der Waals surface area contributed by atoms with Crippen LogP contribution in [0.3, 0.4) is 0 Å². The molecule has 0 radical (unpaired) electrons. The van der Waals surface area contributed by atoms with Gasteiger partial charge in [-0.1, -0.05) is 19.8 Å². The van der Waals surface area contributed by atoms with Gasteiger partial charge in [0.05, 0.1) is 6.61 Å². The highest BCUT2D eigenvalue weighted by molar-refractivity contribution is 7.80. The first-order valence-corrected chi connectivity index (χ1v) is 4.88. The Labute approximate surface area is 79.1 Å². The highest BCUT2D eigenvalue weighted by Gasteiger charge is 2.11. The fourth-order valence-electron chi connectivity index (χ4n) is 0.706. The van der Waals surface area contributed by atoms with Crippen LogP contribution in [0.1, 0.15) is 26.2 Å². The van der Waals surface area contributed by atoms with Crippen LogP contribution in [0.2, 0.25) is 0 Å². The van der Waals surface area contributed by atoms with Crippen LogP contribution < -0.4 is 5.73 Å². The molecule has 0 aliphatic carbocycles. The molecule has 0 saturated heterocycles. The van der Waals surface area contributed by atoms with E-state index in [1.165, 1.54) is 0 Å². The van der Waals surface area contributed by atoms with Crippen molar-refractivity contribution in [1.29, 1.82) is 0 Å². The van der Waals surface area contributed by atoms with Gasteiger partial charge in [0.15, 0.2) is 0 Å². The minimum Gasteiger partial charge on any atom is -0.465 e. The largest absolute Gasteiger partial charge is 0.465 e. The van der Waals surface area contributed by atoms with Crippen molar-refractivity contribution in [1.82, 2.24) is 0 Å². The average Bonchev–Trinajstić information content (AvgIpc) is 2.10. The quantitative estimate of drug-likeness (QED) is 0.374.